The lowest BCUT2D eigenvalue weighted by molar-refractivity contribution is -0.128. The van der Waals surface area contributed by atoms with Gasteiger partial charge in [-0.1, -0.05) is 36.4 Å². The number of carbonyl (C=O) groups is 3. The number of hydrogen-bond donors (Lipinski definition) is 2. The van der Waals surface area contributed by atoms with Crippen LogP contribution in [0.25, 0.3) is 0 Å². The van der Waals surface area contributed by atoms with Crippen molar-refractivity contribution in [3.63, 3.8) is 0 Å². The Morgan fingerprint density at radius 3 is 2.36 bits per heavy atom. The number of anilines is 2. The van der Waals surface area contributed by atoms with E-state index in [2.05, 4.69) is 15.5 Å². The normalized spacial score (nSPS) is 31.5. The van der Waals surface area contributed by atoms with Gasteiger partial charge in [-0.3, -0.25) is 19.3 Å². The number of rotatable bonds is 2. The molecule has 5 heterocycles. The van der Waals surface area contributed by atoms with Crippen LogP contribution in [0.15, 0.2) is 71.3 Å². The molecule has 1 aromatic heterocycles. The molecule has 3 aromatic rings. The van der Waals surface area contributed by atoms with Crippen molar-refractivity contribution in [1.82, 2.24) is 4.90 Å². The summed E-state index contributed by atoms with van der Waals surface area (Å²) < 4.78 is 5.55. The van der Waals surface area contributed by atoms with Crippen molar-refractivity contribution in [2.75, 3.05) is 17.2 Å². The summed E-state index contributed by atoms with van der Waals surface area (Å²) in [5.74, 6) is -1.62. The van der Waals surface area contributed by atoms with Crippen molar-refractivity contribution in [1.29, 1.82) is 0 Å². The molecule has 2 N–H and O–H groups in total. The highest BCUT2D eigenvalue weighted by Crippen LogP contribution is 2.66. The summed E-state index contributed by atoms with van der Waals surface area (Å²) >= 11 is 0. The second kappa shape index (κ2) is 6.20. The minimum absolute atomic E-state index is 0.161. The molecule has 0 radical (unpaired) electrons. The molecular weight excluding hydrogens is 418 g/mol. The summed E-state index contributed by atoms with van der Waals surface area (Å²) in [6.07, 6.45) is 3.02. The number of para-hydroxylation sites is 2. The number of benzene rings is 2. The molecule has 2 amide bonds. The van der Waals surface area contributed by atoms with Crippen LogP contribution in [0.4, 0.5) is 11.4 Å². The zero-order valence-electron chi connectivity index (χ0n) is 17.7. The summed E-state index contributed by atoms with van der Waals surface area (Å²) in [4.78, 5) is 44.4. The number of furan rings is 1. The van der Waals surface area contributed by atoms with E-state index >= 15 is 0 Å². The van der Waals surface area contributed by atoms with Gasteiger partial charge in [-0.15, -0.1) is 0 Å². The van der Waals surface area contributed by atoms with E-state index in [1.165, 1.54) is 6.26 Å². The molecule has 0 unspecified atom stereocenters. The van der Waals surface area contributed by atoms with Gasteiger partial charge in [0, 0.05) is 23.0 Å². The zero-order valence-corrected chi connectivity index (χ0v) is 17.7. The number of Topliss-reactive ketones (excluding diaryl/α,β-unsaturated/α-hetero) is 1. The summed E-state index contributed by atoms with van der Waals surface area (Å²) in [6, 6.07) is 18.0. The first-order chi connectivity index (χ1) is 16.1. The summed E-state index contributed by atoms with van der Waals surface area (Å²) in [7, 11) is 0. The van der Waals surface area contributed by atoms with Crippen molar-refractivity contribution in [3.05, 3.63) is 83.8 Å². The molecule has 7 rings (SSSR count). The second-order valence-corrected chi connectivity index (χ2v) is 9.26. The highest BCUT2D eigenvalue weighted by atomic mass is 16.3. The molecule has 0 saturated carbocycles. The summed E-state index contributed by atoms with van der Waals surface area (Å²) in [5.41, 5.74) is 0.429. The quantitative estimate of drug-likeness (QED) is 0.598. The molecule has 2 saturated heterocycles. The molecular formula is C26H21N3O4. The Balaban J connectivity index is 1.60. The minimum Gasteiger partial charge on any atom is -0.461 e. The van der Waals surface area contributed by atoms with Crippen LogP contribution in [-0.4, -0.2) is 35.1 Å². The molecule has 33 heavy (non-hydrogen) atoms. The smallest absolute Gasteiger partial charge is 0.250 e. The fourth-order valence-electron chi connectivity index (χ4n) is 7.06. The number of hydrogen-bond acceptors (Lipinski definition) is 5. The molecule has 0 aliphatic carbocycles. The van der Waals surface area contributed by atoms with Gasteiger partial charge < -0.3 is 15.1 Å². The Morgan fingerprint density at radius 1 is 0.909 bits per heavy atom. The van der Waals surface area contributed by atoms with Crippen LogP contribution >= 0.6 is 0 Å². The molecule has 4 atom stereocenters. The van der Waals surface area contributed by atoms with Crippen LogP contribution in [-0.2, 0) is 20.5 Å². The highest BCUT2D eigenvalue weighted by Gasteiger charge is 2.79. The zero-order chi connectivity index (χ0) is 22.4. The predicted octanol–water partition coefficient (Wildman–Crippen LogP) is 3.29. The summed E-state index contributed by atoms with van der Waals surface area (Å²) in [6.45, 7) is 0.631. The minimum atomic E-state index is -1.30. The van der Waals surface area contributed by atoms with Gasteiger partial charge in [0.1, 0.15) is 11.0 Å². The maximum atomic E-state index is 14.3. The van der Waals surface area contributed by atoms with Crippen LogP contribution < -0.4 is 10.6 Å². The van der Waals surface area contributed by atoms with E-state index in [9.17, 15) is 14.4 Å². The lowest BCUT2D eigenvalue weighted by Crippen LogP contribution is -2.55. The Labute approximate surface area is 189 Å². The lowest BCUT2D eigenvalue weighted by Gasteiger charge is -2.37. The van der Waals surface area contributed by atoms with Crippen molar-refractivity contribution in [2.45, 2.75) is 29.8 Å². The van der Waals surface area contributed by atoms with Gasteiger partial charge in [-0.05, 0) is 49.2 Å². The summed E-state index contributed by atoms with van der Waals surface area (Å²) in [5, 5.41) is 6.06. The van der Waals surface area contributed by atoms with Gasteiger partial charge in [0.15, 0.2) is 5.76 Å². The van der Waals surface area contributed by atoms with Crippen LogP contribution in [0, 0.1) is 5.92 Å². The molecule has 2 aromatic carbocycles. The van der Waals surface area contributed by atoms with Crippen LogP contribution in [0.1, 0.15) is 34.5 Å². The van der Waals surface area contributed by atoms with Gasteiger partial charge in [0.05, 0.1) is 12.2 Å². The molecule has 7 heteroatoms. The predicted molar refractivity (Wildman–Crippen MR) is 120 cm³/mol. The van der Waals surface area contributed by atoms with Crippen molar-refractivity contribution >= 4 is 29.0 Å². The van der Waals surface area contributed by atoms with Crippen LogP contribution in [0.2, 0.25) is 0 Å². The second-order valence-electron chi connectivity index (χ2n) is 9.26. The van der Waals surface area contributed by atoms with Crippen LogP contribution in [0.5, 0.6) is 0 Å². The standard InChI is InChI=1S/C26H21N3O4/c30-21(19-11-6-14-33-19)22-25(15-7-1-3-9-17(15)27-23(25)31)20-12-5-13-29(20)26(22)16-8-2-4-10-18(16)28-24(26)32/h1-4,6-11,14,20,22H,5,12-13H2,(H,27,31)(H,28,32)/t20-,22+,25-,26+/m0/s1. The Bertz CT molecular complexity index is 1270. The molecule has 4 aliphatic heterocycles. The number of nitrogens with zero attached hydrogens (tertiary/aromatic N) is 1. The van der Waals surface area contributed by atoms with Gasteiger partial charge in [0.25, 0.3) is 0 Å². The van der Waals surface area contributed by atoms with Gasteiger partial charge in [-0.2, -0.15) is 0 Å². The van der Waals surface area contributed by atoms with E-state index in [0.29, 0.717) is 17.9 Å². The lowest BCUT2D eigenvalue weighted by atomic mass is 9.60. The fourth-order valence-corrected chi connectivity index (χ4v) is 7.06. The number of nitrogens with one attached hydrogen (secondary N) is 2. The van der Waals surface area contributed by atoms with Crippen molar-refractivity contribution in [3.8, 4) is 0 Å². The van der Waals surface area contributed by atoms with E-state index in [1.54, 1.807) is 12.1 Å². The van der Waals surface area contributed by atoms with Crippen molar-refractivity contribution < 1.29 is 18.8 Å². The molecule has 4 aliphatic rings. The molecule has 0 bridgehead atoms. The van der Waals surface area contributed by atoms with Crippen LogP contribution in [0.3, 0.4) is 0 Å². The van der Waals surface area contributed by atoms with Gasteiger partial charge in [-0.25, -0.2) is 0 Å². The first kappa shape index (κ1) is 18.8. The SMILES string of the molecule is O=C(c1ccco1)[C@@H]1[C@@]2(C(=O)Nc3ccccc32)[C@@H]2CCCN2[C@@]12C(=O)Nc1ccccc12. The number of carbonyl (C=O) groups excluding carboxylic acids is 3. The first-order valence-corrected chi connectivity index (χ1v) is 11.3. The van der Waals surface area contributed by atoms with Crippen molar-refractivity contribution in [2.24, 2.45) is 5.92 Å². The molecule has 2 fully saturated rings. The van der Waals surface area contributed by atoms with Gasteiger partial charge in [0.2, 0.25) is 17.6 Å². The first-order valence-electron chi connectivity index (χ1n) is 11.3. The third-order valence-corrected chi connectivity index (χ3v) is 8.06. The maximum Gasteiger partial charge on any atom is 0.250 e. The van der Waals surface area contributed by atoms with E-state index in [-0.39, 0.29) is 29.4 Å². The van der Waals surface area contributed by atoms with E-state index in [1.807, 2.05) is 48.5 Å². The molecule has 164 valence electrons. The van der Waals surface area contributed by atoms with Gasteiger partial charge >= 0.3 is 0 Å². The Kier molecular flexibility index (Phi) is 3.54. The fraction of sp³-hybridized carbons (Fsp3) is 0.269. The largest absolute Gasteiger partial charge is 0.461 e. The number of ketones is 1. The monoisotopic (exact) mass is 439 g/mol. The number of fused-ring (bicyclic) bond motifs is 7. The number of amides is 2. The highest BCUT2D eigenvalue weighted by molar-refractivity contribution is 6.18. The maximum absolute atomic E-state index is 14.3. The van der Waals surface area contributed by atoms with E-state index in [0.717, 1.165) is 24.0 Å². The topological polar surface area (TPSA) is 91.7 Å². The average Bonchev–Trinajstić information content (AvgIpc) is 3.62. The van der Waals surface area contributed by atoms with E-state index < -0.39 is 16.9 Å². The third-order valence-electron chi connectivity index (χ3n) is 8.06. The molecule has 7 nitrogen and oxygen atoms in total. The third kappa shape index (κ3) is 1.98. The van der Waals surface area contributed by atoms with E-state index in [4.69, 9.17) is 4.42 Å². The average molecular weight is 439 g/mol. The Morgan fingerprint density at radius 2 is 1.61 bits per heavy atom. The molecule has 2 spiro atoms. The Hall–Kier alpha value is -3.71.